The van der Waals surface area contributed by atoms with Crippen molar-refractivity contribution in [3.63, 3.8) is 0 Å². The van der Waals surface area contributed by atoms with Crippen LogP contribution in [0.4, 0.5) is 11.9 Å². The van der Waals surface area contributed by atoms with Gasteiger partial charge in [0.1, 0.15) is 0 Å². The molecule has 7 nitrogen and oxygen atoms in total. The van der Waals surface area contributed by atoms with E-state index in [-0.39, 0.29) is 11.9 Å². The van der Waals surface area contributed by atoms with Crippen molar-refractivity contribution >= 4 is 17.6 Å². The van der Waals surface area contributed by atoms with Gasteiger partial charge in [0.25, 0.3) is 0 Å². The molecule has 7 heteroatoms. The van der Waals surface area contributed by atoms with Crippen LogP contribution in [0.3, 0.4) is 0 Å². The molecule has 2 heterocycles. The molecular weight excluding hydrogens is 280 g/mol. The van der Waals surface area contributed by atoms with Crippen LogP contribution < -0.4 is 11.5 Å². The molecular formula is C15H20N6O. The lowest BCUT2D eigenvalue weighted by Crippen LogP contribution is -2.34. The SMILES string of the molecule is C/C=C(\c1ccc(-n2nc(N)nc2N)cc1)N1CCOCC1. The van der Waals surface area contributed by atoms with Crippen molar-refractivity contribution in [1.29, 1.82) is 0 Å². The van der Waals surface area contributed by atoms with Crippen LogP contribution >= 0.6 is 0 Å². The fraction of sp³-hybridized carbons (Fsp3) is 0.333. The molecule has 4 N–H and O–H groups in total. The Morgan fingerprint density at radius 2 is 1.86 bits per heavy atom. The Morgan fingerprint density at radius 1 is 1.18 bits per heavy atom. The average Bonchev–Trinajstić information content (AvgIpc) is 2.88. The third kappa shape index (κ3) is 2.75. The predicted octanol–water partition coefficient (Wildman–Crippen LogP) is 1.12. The van der Waals surface area contributed by atoms with Gasteiger partial charge in [0, 0.05) is 18.8 Å². The summed E-state index contributed by atoms with van der Waals surface area (Å²) in [5.41, 5.74) is 14.6. The van der Waals surface area contributed by atoms with Gasteiger partial charge < -0.3 is 21.1 Å². The van der Waals surface area contributed by atoms with E-state index in [2.05, 4.69) is 40.1 Å². The van der Waals surface area contributed by atoms with E-state index < -0.39 is 0 Å². The second kappa shape index (κ2) is 6.07. The zero-order valence-electron chi connectivity index (χ0n) is 12.6. The smallest absolute Gasteiger partial charge is 0.241 e. The summed E-state index contributed by atoms with van der Waals surface area (Å²) >= 11 is 0. The second-order valence-electron chi connectivity index (χ2n) is 5.06. The van der Waals surface area contributed by atoms with E-state index in [0.717, 1.165) is 37.6 Å². The minimum Gasteiger partial charge on any atom is -0.378 e. The highest BCUT2D eigenvalue weighted by Crippen LogP contribution is 2.22. The maximum Gasteiger partial charge on any atom is 0.241 e. The van der Waals surface area contributed by atoms with Gasteiger partial charge in [-0.25, -0.2) is 0 Å². The van der Waals surface area contributed by atoms with E-state index in [1.165, 1.54) is 10.4 Å². The number of benzene rings is 1. The first kappa shape index (κ1) is 14.4. The molecule has 1 aliphatic heterocycles. The Kier molecular flexibility index (Phi) is 3.97. The summed E-state index contributed by atoms with van der Waals surface area (Å²) in [6.07, 6.45) is 2.13. The van der Waals surface area contributed by atoms with E-state index in [9.17, 15) is 0 Å². The van der Waals surface area contributed by atoms with Crippen molar-refractivity contribution in [2.24, 2.45) is 0 Å². The van der Waals surface area contributed by atoms with E-state index in [0.29, 0.717) is 0 Å². The standard InChI is InChI=1S/C15H20N6O/c1-2-13(20-7-9-22-10-8-20)11-3-5-12(6-4-11)21-15(17)18-14(16)19-21/h2-6H,7-10H2,1H3,(H4,16,17,18,19)/b13-2+. The molecule has 3 rings (SSSR count). The number of aromatic nitrogens is 3. The van der Waals surface area contributed by atoms with Crippen molar-refractivity contribution in [1.82, 2.24) is 19.7 Å². The molecule has 0 saturated carbocycles. The van der Waals surface area contributed by atoms with Gasteiger partial charge in [0.05, 0.1) is 18.9 Å². The third-order valence-electron chi connectivity index (χ3n) is 3.68. The summed E-state index contributed by atoms with van der Waals surface area (Å²) in [4.78, 5) is 6.24. The number of nitrogen functional groups attached to an aromatic ring is 2. The Morgan fingerprint density at radius 3 is 2.41 bits per heavy atom. The van der Waals surface area contributed by atoms with Gasteiger partial charge in [-0.2, -0.15) is 9.67 Å². The fourth-order valence-corrected chi connectivity index (χ4v) is 2.64. The zero-order valence-corrected chi connectivity index (χ0v) is 12.6. The molecule has 0 spiro atoms. The Balaban J connectivity index is 1.85. The lowest BCUT2D eigenvalue weighted by molar-refractivity contribution is 0.0639. The topological polar surface area (TPSA) is 95.2 Å². The molecule has 2 aromatic rings. The molecule has 1 fully saturated rings. The highest BCUT2D eigenvalue weighted by atomic mass is 16.5. The quantitative estimate of drug-likeness (QED) is 0.882. The molecule has 22 heavy (non-hydrogen) atoms. The Hall–Kier alpha value is -2.54. The van der Waals surface area contributed by atoms with Crippen molar-refractivity contribution in [2.75, 3.05) is 37.8 Å². The van der Waals surface area contributed by atoms with Gasteiger partial charge in [-0.1, -0.05) is 18.2 Å². The van der Waals surface area contributed by atoms with Crippen molar-refractivity contribution in [3.8, 4) is 5.69 Å². The van der Waals surface area contributed by atoms with Gasteiger partial charge in [0.15, 0.2) is 0 Å². The highest BCUT2D eigenvalue weighted by molar-refractivity contribution is 5.65. The predicted molar refractivity (Wildman–Crippen MR) is 86.2 cm³/mol. The number of morpholine rings is 1. The van der Waals surface area contributed by atoms with Crippen LogP contribution in [0.15, 0.2) is 30.3 Å². The number of rotatable bonds is 3. The fourth-order valence-electron chi connectivity index (χ4n) is 2.64. The van der Waals surface area contributed by atoms with Crippen LogP contribution in [0.2, 0.25) is 0 Å². The number of ether oxygens (including phenoxy) is 1. The van der Waals surface area contributed by atoms with E-state index in [1.54, 1.807) is 0 Å². The van der Waals surface area contributed by atoms with Crippen molar-refractivity contribution < 1.29 is 4.74 Å². The van der Waals surface area contributed by atoms with Crippen LogP contribution in [0.25, 0.3) is 11.4 Å². The summed E-state index contributed by atoms with van der Waals surface area (Å²) in [7, 11) is 0. The van der Waals surface area contributed by atoms with E-state index in [1.807, 2.05) is 12.1 Å². The largest absolute Gasteiger partial charge is 0.378 e. The summed E-state index contributed by atoms with van der Waals surface area (Å²) in [6.45, 7) is 5.41. The van der Waals surface area contributed by atoms with Crippen molar-refractivity contribution in [2.45, 2.75) is 6.92 Å². The highest BCUT2D eigenvalue weighted by Gasteiger charge is 2.15. The molecule has 1 aliphatic rings. The maximum atomic E-state index is 5.79. The normalized spacial score (nSPS) is 16.0. The van der Waals surface area contributed by atoms with Crippen molar-refractivity contribution in [3.05, 3.63) is 35.9 Å². The molecule has 0 amide bonds. The molecule has 0 unspecified atom stereocenters. The summed E-state index contributed by atoms with van der Waals surface area (Å²) in [5, 5.41) is 4.08. The van der Waals surface area contributed by atoms with Gasteiger partial charge in [-0.15, -0.1) is 5.10 Å². The molecule has 0 aliphatic carbocycles. The number of nitrogens with two attached hydrogens (primary N) is 2. The van der Waals surface area contributed by atoms with Gasteiger partial charge in [0.2, 0.25) is 11.9 Å². The molecule has 1 aromatic carbocycles. The molecule has 0 bridgehead atoms. The first-order chi connectivity index (χ1) is 10.7. The maximum absolute atomic E-state index is 5.79. The monoisotopic (exact) mass is 300 g/mol. The number of allylic oxidation sites excluding steroid dienone is 1. The van der Waals surface area contributed by atoms with Crippen LogP contribution in [0.1, 0.15) is 12.5 Å². The molecule has 0 atom stereocenters. The summed E-state index contributed by atoms with van der Waals surface area (Å²) < 4.78 is 6.94. The molecule has 1 saturated heterocycles. The summed E-state index contributed by atoms with van der Waals surface area (Å²) in [5.74, 6) is 0.453. The van der Waals surface area contributed by atoms with Crippen LogP contribution in [-0.4, -0.2) is 46.0 Å². The Bertz CT molecular complexity index is 670. The number of nitrogens with zero attached hydrogens (tertiary/aromatic N) is 4. The molecule has 116 valence electrons. The third-order valence-corrected chi connectivity index (χ3v) is 3.68. The number of hydrogen-bond donors (Lipinski definition) is 2. The Labute approximate surface area is 129 Å². The number of hydrogen-bond acceptors (Lipinski definition) is 6. The first-order valence-corrected chi connectivity index (χ1v) is 7.27. The van der Waals surface area contributed by atoms with Gasteiger partial charge in [-0.05, 0) is 24.6 Å². The second-order valence-corrected chi connectivity index (χ2v) is 5.06. The minimum atomic E-state index is 0.170. The summed E-state index contributed by atoms with van der Waals surface area (Å²) in [6, 6.07) is 8.03. The molecule has 1 aromatic heterocycles. The average molecular weight is 300 g/mol. The zero-order chi connectivity index (χ0) is 15.5. The molecule has 0 radical (unpaired) electrons. The van der Waals surface area contributed by atoms with E-state index >= 15 is 0 Å². The van der Waals surface area contributed by atoms with E-state index in [4.69, 9.17) is 16.2 Å². The van der Waals surface area contributed by atoms with Crippen LogP contribution in [0, 0.1) is 0 Å². The van der Waals surface area contributed by atoms with Crippen LogP contribution in [-0.2, 0) is 4.74 Å². The number of anilines is 2. The lowest BCUT2D eigenvalue weighted by Gasteiger charge is -2.31. The van der Waals surface area contributed by atoms with Gasteiger partial charge >= 0.3 is 0 Å². The lowest BCUT2D eigenvalue weighted by atomic mass is 10.1. The minimum absolute atomic E-state index is 0.170. The first-order valence-electron chi connectivity index (χ1n) is 7.27. The van der Waals surface area contributed by atoms with Crippen LogP contribution in [0.5, 0.6) is 0 Å². The van der Waals surface area contributed by atoms with Gasteiger partial charge in [-0.3, -0.25) is 0 Å².